The molecule has 0 aliphatic heterocycles. The lowest BCUT2D eigenvalue weighted by Gasteiger charge is -2.09. The highest BCUT2D eigenvalue weighted by molar-refractivity contribution is 7.15. The topological polar surface area (TPSA) is 97.1 Å². The molecule has 30 heavy (non-hydrogen) atoms. The minimum atomic E-state index is -0.312. The van der Waals surface area contributed by atoms with Crippen molar-refractivity contribution in [3.8, 4) is 17.6 Å². The van der Waals surface area contributed by atoms with Crippen LogP contribution in [-0.2, 0) is 6.54 Å². The molecular weight excluding hydrogens is 424 g/mol. The molecule has 1 heterocycles. The van der Waals surface area contributed by atoms with Crippen LogP contribution in [0.15, 0.2) is 48.5 Å². The summed E-state index contributed by atoms with van der Waals surface area (Å²) in [6.45, 7) is 0.324. The fourth-order valence-electron chi connectivity index (χ4n) is 2.48. The highest BCUT2D eigenvalue weighted by Gasteiger charge is 2.15. The predicted molar refractivity (Wildman–Crippen MR) is 115 cm³/mol. The molecule has 2 aromatic carbocycles. The Morgan fingerprint density at radius 2 is 1.97 bits per heavy atom. The Morgan fingerprint density at radius 3 is 2.70 bits per heavy atom. The zero-order valence-electron chi connectivity index (χ0n) is 16.0. The third-order valence-corrected chi connectivity index (χ3v) is 5.25. The summed E-state index contributed by atoms with van der Waals surface area (Å²) in [5.41, 5.74) is 1.73. The number of carbonyl (C=O) groups is 1. The number of aromatic nitrogens is 2. The molecule has 0 spiro atoms. The quantitative estimate of drug-likeness (QED) is 0.566. The first-order chi connectivity index (χ1) is 14.6. The van der Waals surface area contributed by atoms with Gasteiger partial charge in [-0.05, 0) is 29.3 Å². The highest BCUT2D eigenvalue weighted by atomic mass is 35.5. The molecule has 0 saturated carbocycles. The van der Waals surface area contributed by atoms with Crippen LogP contribution in [-0.4, -0.2) is 29.8 Å². The van der Waals surface area contributed by atoms with Gasteiger partial charge in [-0.25, -0.2) is 0 Å². The summed E-state index contributed by atoms with van der Waals surface area (Å²) in [4.78, 5) is 12.3. The first kappa shape index (κ1) is 21.3. The van der Waals surface area contributed by atoms with Crippen LogP contribution >= 0.6 is 22.9 Å². The van der Waals surface area contributed by atoms with E-state index in [4.69, 9.17) is 26.3 Å². The molecule has 0 atom stereocenters. The van der Waals surface area contributed by atoms with Gasteiger partial charge in [0.15, 0.2) is 23.1 Å². The molecule has 0 fully saturated rings. The van der Waals surface area contributed by atoms with Crippen molar-refractivity contribution in [1.29, 1.82) is 5.26 Å². The molecule has 0 bridgehead atoms. The lowest BCUT2D eigenvalue weighted by Crippen LogP contribution is -2.22. The molecule has 9 heteroatoms. The highest BCUT2D eigenvalue weighted by Crippen LogP contribution is 2.31. The predicted octanol–water partition coefficient (Wildman–Crippen LogP) is 4.12. The van der Waals surface area contributed by atoms with E-state index in [0.29, 0.717) is 28.1 Å². The molecular formula is C21H17ClN4O3S. The average Bonchev–Trinajstić information content (AvgIpc) is 3.28. The normalized spacial score (nSPS) is 10.9. The molecule has 3 rings (SSSR count). The number of ether oxygens (including phenoxy) is 2. The van der Waals surface area contributed by atoms with Gasteiger partial charge in [-0.3, -0.25) is 4.79 Å². The first-order valence-electron chi connectivity index (χ1n) is 8.81. The standard InChI is InChI=1S/C21H17ClN4O3S/c1-28-18-12-15(7-8-17(18)29-10-9-23)11-16(22)20-25-26-21(30-20)19(27)24-13-14-5-3-2-4-6-14/h2-8,11-12H,10,13H2,1H3,(H,24,27). The van der Waals surface area contributed by atoms with Crippen LogP contribution < -0.4 is 14.8 Å². The van der Waals surface area contributed by atoms with Crippen LogP contribution in [0.5, 0.6) is 11.5 Å². The molecule has 1 aromatic heterocycles. The largest absolute Gasteiger partial charge is 0.493 e. The summed E-state index contributed by atoms with van der Waals surface area (Å²) in [5, 5.41) is 20.4. The second-order valence-electron chi connectivity index (χ2n) is 5.93. The number of nitrogens with one attached hydrogen (secondary N) is 1. The molecule has 7 nitrogen and oxygen atoms in total. The van der Waals surface area contributed by atoms with Gasteiger partial charge in [-0.2, -0.15) is 5.26 Å². The molecule has 0 radical (unpaired) electrons. The lowest BCUT2D eigenvalue weighted by atomic mass is 10.2. The van der Waals surface area contributed by atoms with Gasteiger partial charge in [0.05, 0.1) is 12.1 Å². The summed E-state index contributed by atoms with van der Waals surface area (Å²) in [6.07, 6.45) is 1.68. The van der Waals surface area contributed by atoms with Crippen molar-refractivity contribution in [2.24, 2.45) is 0 Å². The second kappa shape index (κ2) is 10.4. The van der Waals surface area contributed by atoms with E-state index in [2.05, 4.69) is 15.5 Å². The Bertz CT molecular complexity index is 1090. The first-order valence-corrected chi connectivity index (χ1v) is 10.0. The lowest BCUT2D eigenvalue weighted by molar-refractivity contribution is 0.0950. The van der Waals surface area contributed by atoms with Crippen LogP contribution in [0, 0.1) is 11.3 Å². The van der Waals surface area contributed by atoms with Crippen LogP contribution in [0.1, 0.15) is 25.9 Å². The number of hydrogen-bond donors (Lipinski definition) is 1. The second-order valence-corrected chi connectivity index (χ2v) is 7.31. The molecule has 0 aliphatic carbocycles. The van der Waals surface area contributed by atoms with Crippen LogP contribution in [0.25, 0.3) is 11.1 Å². The molecule has 0 saturated heterocycles. The Morgan fingerprint density at radius 1 is 1.20 bits per heavy atom. The van der Waals surface area contributed by atoms with Crippen molar-refractivity contribution in [2.45, 2.75) is 6.54 Å². The number of benzene rings is 2. The number of rotatable bonds is 8. The number of hydrogen-bond acceptors (Lipinski definition) is 7. The smallest absolute Gasteiger partial charge is 0.282 e. The third kappa shape index (κ3) is 5.56. The minimum absolute atomic E-state index is 0.0772. The van der Waals surface area contributed by atoms with Crippen molar-refractivity contribution >= 4 is 40.0 Å². The van der Waals surface area contributed by atoms with E-state index in [1.165, 1.54) is 7.11 Å². The summed E-state index contributed by atoms with van der Waals surface area (Å²) in [5.74, 6) is 0.620. The van der Waals surface area contributed by atoms with E-state index >= 15 is 0 Å². The van der Waals surface area contributed by atoms with Crippen molar-refractivity contribution in [3.63, 3.8) is 0 Å². The number of carbonyl (C=O) groups excluding carboxylic acids is 1. The van der Waals surface area contributed by atoms with Crippen molar-refractivity contribution in [1.82, 2.24) is 15.5 Å². The third-order valence-electron chi connectivity index (χ3n) is 3.89. The van der Waals surface area contributed by atoms with Crippen LogP contribution in [0.2, 0.25) is 0 Å². The van der Waals surface area contributed by atoms with E-state index in [9.17, 15) is 4.79 Å². The maximum Gasteiger partial charge on any atom is 0.282 e. The summed E-state index contributed by atoms with van der Waals surface area (Å²) in [6, 6.07) is 16.7. The van der Waals surface area contributed by atoms with E-state index in [1.54, 1.807) is 24.3 Å². The monoisotopic (exact) mass is 440 g/mol. The Balaban J connectivity index is 1.69. The molecule has 0 unspecified atom stereocenters. The van der Waals surface area contributed by atoms with Gasteiger partial charge in [-0.1, -0.05) is 59.3 Å². The molecule has 1 amide bonds. The van der Waals surface area contributed by atoms with Crippen molar-refractivity contribution < 1.29 is 14.3 Å². The van der Waals surface area contributed by atoms with Crippen LogP contribution in [0.4, 0.5) is 0 Å². The van der Waals surface area contributed by atoms with Gasteiger partial charge in [0.25, 0.3) is 5.91 Å². The SMILES string of the molecule is COc1cc(C=C(Cl)c2nnc(C(=O)NCc3ccccc3)s2)ccc1OCC#N. The summed E-state index contributed by atoms with van der Waals surface area (Å²) >= 11 is 7.47. The van der Waals surface area contributed by atoms with Crippen LogP contribution in [0.3, 0.4) is 0 Å². The fourth-order valence-corrected chi connectivity index (χ4v) is 3.42. The minimum Gasteiger partial charge on any atom is -0.493 e. The zero-order chi connectivity index (χ0) is 21.3. The Kier molecular flexibility index (Phi) is 7.38. The molecule has 1 N–H and O–H groups in total. The number of amides is 1. The summed E-state index contributed by atoms with van der Waals surface area (Å²) < 4.78 is 10.6. The number of methoxy groups -OCH3 is 1. The Hall–Kier alpha value is -3.41. The van der Waals surface area contributed by atoms with E-state index < -0.39 is 0 Å². The average molecular weight is 441 g/mol. The number of nitrogens with zero attached hydrogens (tertiary/aromatic N) is 3. The maximum absolute atomic E-state index is 12.3. The van der Waals surface area contributed by atoms with Gasteiger partial charge in [0.1, 0.15) is 6.07 Å². The van der Waals surface area contributed by atoms with E-state index in [1.807, 2.05) is 36.4 Å². The Labute approximate surface area is 182 Å². The van der Waals surface area contributed by atoms with Gasteiger partial charge >= 0.3 is 0 Å². The molecule has 3 aromatic rings. The van der Waals surface area contributed by atoms with E-state index in [0.717, 1.165) is 22.5 Å². The fraction of sp³-hybridized carbons (Fsp3) is 0.143. The van der Waals surface area contributed by atoms with Gasteiger partial charge in [0.2, 0.25) is 5.01 Å². The van der Waals surface area contributed by atoms with Gasteiger partial charge in [0, 0.05) is 6.54 Å². The number of nitriles is 1. The number of halogens is 1. The maximum atomic E-state index is 12.3. The molecule has 152 valence electrons. The van der Waals surface area contributed by atoms with Crippen molar-refractivity contribution in [3.05, 3.63) is 69.7 Å². The van der Waals surface area contributed by atoms with Crippen molar-refractivity contribution in [2.75, 3.05) is 13.7 Å². The molecule has 0 aliphatic rings. The van der Waals surface area contributed by atoms with Gasteiger partial charge < -0.3 is 14.8 Å². The van der Waals surface area contributed by atoms with E-state index in [-0.39, 0.29) is 17.5 Å². The summed E-state index contributed by atoms with van der Waals surface area (Å²) in [7, 11) is 1.51. The zero-order valence-corrected chi connectivity index (χ0v) is 17.5. The van der Waals surface area contributed by atoms with Gasteiger partial charge in [-0.15, -0.1) is 10.2 Å².